The minimum Gasteiger partial charge on any atom is -0.385 e. The zero-order valence-corrected chi connectivity index (χ0v) is 15.4. The van der Waals surface area contributed by atoms with E-state index in [1.165, 1.54) is 17.7 Å². The first-order valence-corrected chi connectivity index (χ1v) is 9.61. The number of hydrogen-bond donors (Lipinski definition) is 1. The molecule has 2 aliphatic rings. The molecule has 0 radical (unpaired) electrons. The number of benzene rings is 1. The minimum atomic E-state index is -0.670. The molecule has 2 heterocycles. The van der Waals surface area contributed by atoms with Gasteiger partial charge in [-0.2, -0.15) is 0 Å². The number of likely N-dealkylation sites (tertiary alicyclic amines) is 1. The van der Waals surface area contributed by atoms with Crippen molar-refractivity contribution in [1.29, 1.82) is 0 Å². The lowest BCUT2D eigenvalue weighted by atomic mass is 9.67. The van der Waals surface area contributed by atoms with Gasteiger partial charge >= 0.3 is 0 Å². The van der Waals surface area contributed by atoms with Crippen LogP contribution < -0.4 is 0 Å². The molecular weight excluding hydrogens is 310 g/mol. The van der Waals surface area contributed by atoms with Crippen LogP contribution >= 0.6 is 0 Å². The largest absolute Gasteiger partial charge is 0.385 e. The molecular formula is C21H29N3O. The Morgan fingerprint density at radius 2 is 2.04 bits per heavy atom. The number of hydrogen-bond acceptors (Lipinski definition) is 3. The number of aromatic nitrogens is 2. The van der Waals surface area contributed by atoms with Crippen molar-refractivity contribution in [1.82, 2.24) is 14.5 Å². The molecule has 1 aliphatic heterocycles. The van der Waals surface area contributed by atoms with E-state index in [9.17, 15) is 5.11 Å². The highest BCUT2D eigenvalue weighted by atomic mass is 16.3. The van der Waals surface area contributed by atoms with E-state index in [0.717, 1.165) is 44.6 Å². The summed E-state index contributed by atoms with van der Waals surface area (Å²) in [6.07, 6.45) is 7.14. The third kappa shape index (κ3) is 3.02. The predicted octanol–water partition coefficient (Wildman–Crippen LogP) is 3.33. The number of aryl methyl sites for hydroxylation is 2. The lowest BCUT2D eigenvalue weighted by Crippen LogP contribution is -2.42. The van der Waals surface area contributed by atoms with Gasteiger partial charge in [-0.25, -0.2) is 4.98 Å². The maximum Gasteiger partial charge on any atom is 0.0948 e. The van der Waals surface area contributed by atoms with E-state index in [4.69, 9.17) is 0 Å². The van der Waals surface area contributed by atoms with E-state index < -0.39 is 5.60 Å². The van der Waals surface area contributed by atoms with Crippen molar-refractivity contribution in [3.63, 3.8) is 0 Å². The Morgan fingerprint density at radius 3 is 2.80 bits per heavy atom. The second kappa shape index (κ2) is 6.58. The summed E-state index contributed by atoms with van der Waals surface area (Å²) in [6, 6.07) is 8.52. The molecule has 1 saturated heterocycles. The normalized spacial score (nSPS) is 29.7. The second-order valence-electron chi connectivity index (χ2n) is 7.91. The summed E-state index contributed by atoms with van der Waals surface area (Å²) in [5.74, 6) is 0.931. The molecule has 25 heavy (non-hydrogen) atoms. The Bertz CT molecular complexity index is 723. The molecule has 0 amide bonds. The van der Waals surface area contributed by atoms with Gasteiger partial charge in [0.15, 0.2) is 0 Å². The monoisotopic (exact) mass is 339 g/mol. The van der Waals surface area contributed by atoms with E-state index in [-0.39, 0.29) is 0 Å². The number of rotatable bonds is 4. The van der Waals surface area contributed by atoms with Crippen molar-refractivity contribution >= 4 is 0 Å². The predicted molar refractivity (Wildman–Crippen MR) is 99.1 cm³/mol. The van der Waals surface area contributed by atoms with E-state index >= 15 is 0 Å². The smallest absolute Gasteiger partial charge is 0.0948 e. The molecule has 4 heteroatoms. The summed E-state index contributed by atoms with van der Waals surface area (Å²) in [4.78, 5) is 6.81. The second-order valence-corrected chi connectivity index (χ2v) is 7.91. The quantitative estimate of drug-likeness (QED) is 0.929. The molecule has 134 valence electrons. The molecule has 2 aromatic rings. The van der Waals surface area contributed by atoms with Crippen molar-refractivity contribution in [3.05, 3.63) is 53.6 Å². The summed E-state index contributed by atoms with van der Waals surface area (Å²) in [5, 5.41) is 11.6. The van der Waals surface area contributed by atoms with Crippen LogP contribution in [0.2, 0.25) is 0 Å². The fourth-order valence-corrected chi connectivity index (χ4v) is 4.94. The molecule has 2 fully saturated rings. The van der Waals surface area contributed by atoms with Crippen LogP contribution in [-0.4, -0.2) is 32.6 Å². The SMILES string of the molecule is CCn1cncc1CN1C[C@H]2CCC[C@](O)(c3ccc(C)cc3)[C@@H]2C1. The molecule has 4 rings (SSSR count). The first-order valence-electron chi connectivity index (χ1n) is 9.61. The number of nitrogens with zero attached hydrogens (tertiary/aromatic N) is 3. The third-order valence-electron chi connectivity index (χ3n) is 6.34. The molecule has 4 nitrogen and oxygen atoms in total. The maximum atomic E-state index is 11.6. The molecule has 0 unspecified atom stereocenters. The van der Waals surface area contributed by atoms with Crippen molar-refractivity contribution in [2.75, 3.05) is 13.1 Å². The van der Waals surface area contributed by atoms with Crippen LogP contribution in [0.5, 0.6) is 0 Å². The third-order valence-corrected chi connectivity index (χ3v) is 6.34. The summed E-state index contributed by atoms with van der Waals surface area (Å²) >= 11 is 0. The van der Waals surface area contributed by atoms with E-state index in [1.807, 2.05) is 12.5 Å². The fraction of sp³-hybridized carbons (Fsp3) is 0.571. The summed E-state index contributed by atoms with van der Waals surface area (Å²) < 4.78 is 2.22. The lowest BCUT2D eigenvalue weighted by molar-refractivity contribution is -0.0648. The zero-order valence-electron chi connectivity index (χ0n) is 15.4. The molecule has 1 aromatic heterocycles. The average molecular weight is 339 g/mol. The fourth-order valence-electron chi connectivity index (χ4n) is 4.94. The molecule has 1 saturated carbocycles. The van der Waals surface area contributed by atoms with Crippen LogP contribution in [0.1, 0.15) is 43.0 Å². The Hall–Kier alpha value is -1.65. The highest BCUT2D eigenvalue weighted by Crippen LogP contribution is 2.48. The molecule has 3 atom stereocenters. The van der Waals surface area contributed by atoms with Gasteiger partial charge in [-0.3, -0.25) is 4.90 Å². The van der Waals surface area contributed by atoms with E-state index in [2.05, 4.69) is 52.6 Å². The molecule has 0 bridgehead atoms. The van der Waals surface area contributed by atoms with Crippen molar-refractivity contribution in [3.8, 4) is 0 Å². The lowest BCUT2D eigenvalue weighted by Gasteiger charge is -2.41. The first kappa shape index (κ1) is 16.8. The Labute approximate surface area is 150 Å². The van der Waals surface area contributed by atoms with Crippen LogP contribution in [-0.2, 0) is 18.7 Å². The standard InChI is InChI=1S/C21H29N3O/c1-3-24-15-22-11-19(24)13-23-12-17-5-4-10-21(25,20(17)14-23)18-8-6-16(2)7-9-18/h6-9,11,15,17,20,25H,3-5,10,12-14H2,1-2H3/t17-,20-,21+/m1/s1. The molecule has 0 spiro atoms. The zero-order chi connectivity index (χ0) is 17.4. The topological polar surface area (TPSA) is 41.3 Å². The van der Waals surface area contributed by atoms with Gasteiger partial charge in [-0.1, -0.05) is 29.8 Å². The van der Waals surface area contributed by atoms with Crippen LogP contribution in [0, 0.1) is 18.8 Å². The van der Waals surface area contributed by atoms with Crippen LogP contribution in [0.15, 0.2) is 36.8 Å². The molecule has 1 N–H and O–H groups in total. The Kier molecular flexibility index (Phi) is 4.42. The maximum absolute atomic E-state index is 11.6. The summed E-state index contributed by atoms with van der Waals surface area (Å²) in [7, 11) is 0. The van der Waals surface area contributed by atoms with Crippen LogP contribution in [0.4, 0.5) is 0 Å². The van der Waals surface area contributed by atoms with Crippen molar-refractivity contribution in [2.24, 2.45) is 11.8 Å². The summed E-state index contributed by atoms with van der Waals surface area (Å²) in [6.45, 7) is 8.22. The number of aliphatic hydroxyl groups is 1. The van der Waals surface area contributed by atoms with Crippen molar-refractivity contribution in [2.45, 2.75) is 51.8 Å². The van der Waals surface area contributed by atoms with Gasteiger partial charge in [0.25, 0.3) is 0 Å². The molecule has 1 aliphatic carbocycles. The van der Waals surface area contributed by atoms with Gasteiger partial charge < -0.3 is 9.67 Å². The Morgan fingerprint density at radius 1 is 1.24 bits per heavy atom. The van der Waals surface area contributed by atoms with Gasteiger partial charge in [-0.05, 0) is 44.6 Å². The Balaban J connectivity index is 1.55. The van der Waals surface area contributed by atoms with E-state index in [1.54, 1.807) is 0 Å². The van der Waals surface area contributed by atoms with Gasteiger partial charge in [0.1, 0.15) is 0 Å². The summed E-state index contributed by atoms with van der Waals surface area (Å²) in [5.41, 5.74) is 2.96. The molecule has 1 aromatic carbocycles. The van der Waals surface area contributed by atoms with Gasteiger partial charge in [0.2, 0.25) is 0 Å². The average Bonchev–Trinajstić information content (AvgIpc) is 3.23. The highest BCUT2D eigenvalue weighted by Gasteiger charge is 2.49. The first-order chi connectivity index (χ1) is 12.1. The van der Waals surface area contributed by atoms with Gasteiger partial charge in [0.05, 0.1) is 17.6 Å². The highest BCUT2D eigenvalue weighted by molar-refractivity contribution is 5.28. The van der Waals surface area contributed by atoms with Crippen LogP contribution in [0.3, 0.4) is 0 Å². The number of fused-ring (bicyclic) bond motifs is 1. The van der Waals surface area contributed by atoms with Crippen LogP contribution in [0.25, 0.3) is 0 Å². The van der Waals surface area contributed by atoms with Gasteiger partial charge in [0, 0.05) is 38.3 Å². The van der Waals surface area contributed by atoms with Crippen molar-refractivity contribution < 1.29 is 5.11 Å². The van der Waals surface area contributed by atoms with Gasteiger partial charge in [-0.15, -0.1) is 0 Å². The number of imidazole rings is 1. The van der Waals surface area contributed by atoms with E-state index in [0.29, 0.717) is 11.8 Å². The minimum absolute atomic E-state index is 0.335.